The molecule has 1 aromatic carbocycles. The minimum absolute atomic E-state index is 0.0414. The van der Waals surface area contributed by atoms with Crippen LogP contribution in [0, 0.1) is 6.92 Å². The second-order valence-corrected chi connectivity index (χ2v) is 13.9. The molecule has 2 heterocycles. The summed E-state index contributed by atoms with van der Waals surface area (Å²) in [5, 5.41) is 17.0. The van der Waals surface area contributed by atoms with Crippen LogP contribution in [0.25, 0.3) is 11.0 Å². The molecule has 0 saturated heterocycles. The second kappa shape index (κ2) is 23.7. The van der Waals surface area contributed by atoms with Crippen molar-refractivity contribution in [3.8, 4) is 0 Å². The van der Waals surface area contributed by atoms with Gasteiger partial charge in [-0.2, -0.15) is 0 Å². The first kappa shape index (κ1) is 46.1. The number of aromatic nitrogens is 2. The molecule has 0 saturated carbocycles. The lowest BCUT2D eigenvalue weighted by atomic mass is 10.0. The predicted molar refractivity (Wildman–Crippen MR) is 217 cm³/mol. The molecule has 0 spiro atoms. The summed E-state index contributed by atoms with van der Waals surface area (Å²) in [5.41, 5.74) is 17.8. The maximum absolute atomic E-state index is 14.0. The molecule has 20 nitrogen and oxygen atoms in total. The molecule has 3 aromatic rings. The Morgan fingerprint density at radius 3 is 2.03 bits per heavy atom. The number of benzene rings is 1. The fourth-order valence-electron chi connectivity index (χ4n) is 6.06. The van der Waals surface area contributed by atoms with E-state index >= 15 is 0 Å². The maximum Gasteiger partial charge on any atom is 0.336 e. The standard InChI is InChI=1S/C38H56N12O8/c1-22-17-33(53)58-32-19-25(12-13-27(22)32)47-34(54)29(10-5-7-15-43-23(2)51)48-36(56)30(9-4-6-14-39)49-37(57)31(18-26-20-42-21-45-26)50-35(55)28(46-24(3)52)11-8-16-44-38(40)41/h12-13,17,19-21,28-31H,4-11,14-16,18,39H2,1-3H3,(H,42,45)(H,43,51)(H,46,52)(H,47,54)(H,48,56)(H,49,57)(H,50,55)(H4,40,41,44)/t28-,29-,30-,31-/m0/s1. The molecule has 58 heavy (non-hydrogen) atoms. The summed E-state index contributed by atoms with van der Waals surface area (Å²) in [6.45, 7) is 5.32. The number of H-pyrrole nitrogens is 1. The van der Waals surface area contributed by atoms with Crippen molar-refractivity contribution in [2.75, 3.05) is 25.0 Å². The van der Waals surface area contributed by atoms with Crippen LogP contribution in [0.4, 0.5) is 5.69 Å². The van der Waals surface area contributed by atoms with Gasteiger partial charge >= 0.3 is 5.63 Å². The largest absolute Gasteiger partial charge is 0.423 e. The molecule has 20 heteroatoms. The summed E-state index contributed by atoms with van der Waals surface area (Å²) in [5.74, 6) is -3.37. The van der Waals surface area contributed by atoms with E-state index in [9.17, 15) is 33.6 Å². The molecular formula is C38H56N12O8. The van der Waals surface area contributed by atoms with Crippen LogP contribution >= 0.6 is 0 Å². The van der Waals surface area contributed by atoms with E-state index in [0.717, 1.165) is 0 Å². The highest BCUT2D eigenvalue weighted by Crippen LogP contribution is 2.21. The Hall–Kier alpha value is -6.31. The average molecular weight is 809 g/mol. The highest BCUT2D eigenvalue weighted by atomic mass is 16.4. The molecule has 2 aromatic heterocycles. The maximum atomic E-state index is 14.0. The van der Waals surface area contributed by atoms with Gasteiger partial charge in [0.1, 0.15) is 29.8 Å². The summed E-state index contributed by atoms with van der Waals surface area (Å²) < 4.78 is 5.33. The van der Waals surface area contributed by atoms with Crippen LogP contribution in [0.5, 0.6) is 0 Å². The number of carbonyl (C=O) groups is 6. The zero-order chi connectivity index (χ0) is 42.6. The number of amides is 6. The number of carbonyl (C=O) groups excluding carboxylic acids is 6. The first-order valence-corrected chi connectivity index (χ1v) is 19.2. The van der Waals surface area contributed by atoms with E-state index in [-0.39, 0.29) is 49.7 Å². The van der Waals surface area contributed by atoms with E-state index < -0.39 is 59.3 Å². The predicted octanol–water partition coefficient (Wildman–Crippen LogP) is -0.546. The molecule has 0 fully saturated rings. The van der Waals surface area contributed by atoms with Crippen LogP contribution in [-0.4, -0.2) is 95.2 Å². The van der Waals surface area contributed by atoms with Gasteiger partial charge in [0.15, 0.2) is 5.96 Å². The number of rotatable bonds is 24. The SMILES string of the molecule is CC(=O)NCCCC[C@H](NC(=O)[C@H](CCCCN)NC(=O)[C@H](Cc1cnc[nH]1)NC(=O)[C@H](CCCN=C(N)N)NC(C)=O)C(=O)Nc1ccc2c(C)cc(=O)oc2c1. The first-order valence-electron chi connectivity index (χ1n) is 19.2. The molecule has 4 atom stereocenters. The summed E-state index contributed by atoms with van der Waals surface area (Å²) in [4.78, 5) is 102. The number of hydrogen-bond acceptors (Lipinski definition) is 11. The Kier molecular flexibility index (Phi) is 18.8. The van der Waals surface area contributed by atoms with E-state index in [1.807, 2.05) is 0 Å². The molecule has 13 N–H and O–H groups in total. The van der Waals surface area contributed by atoms with E-state index in [0.29, 0.717) is 67.5 Å². The molecule has 0 bridgehead atoms. The number of imidazole rings is 1. The van der Waals surface area contributed by atoms with Gasteiger partial charge < -0.3 is 58.5 Å². The van der Waals surface area contributed by atoms with Gasteiger partial charge in [0.2, 0.25) is 35.4 Å². The zero-order valence-corrected chi connectivity index (χ0v) is 33.2. The fourth-order valence-corrected chi connectivity index (χ4v) is 6.06. The summed E-state index contributed by atoms with van der Waals surface area (Å²) in [6, 6.07) is 1.74. The summed E-state index contributed by atoms with van der Waals surface area (Å²) >= 11 is 0. The number of unbranched alkanes of at least 4 members (excludes halogenated alkanes) is 2. The highest BCUT2D eigenvalue weighted by Gasteiger charge is 2.31. The van der Waals surface area contributed by atoms with Gasteiger partial charge in [-0.1, -0.05) is 0 Å². The van der Waals surface area contributed by atoms with Gasteiger partial charge in [-0.15, -0.1) is 0 Å². The van der Waals surface area contributed by atoms with E-state index in [1.165, 1.54) is 38.5 Å². The topological polar surface area (TPSA) is 324 Å². The van der Waals surface area contributed by atoms with E-state index in [1.54, 1.807) is 19.1 Å². The van der Waals surface area contributed by atoms with Gasteiger partial charge in [-0.05, 0) is 82.5 Å². The summed E-state index contributed by atoms with van der Waals surface area (Å²) in [7, 11) is 0. The van der Waals surface area contributed by atoms with Gasteiger partial charge in [0, 0.05) is 68.5 Å². The van der Waals surface area contributed by atoms with Crippen LogP contribution in [0.2, 0.25) is 0 Å². The second-order valence-electron chi connectivity index (χ2n) is 13.9. The smallest absolute Gasteiger partial charge is 0.336 e. The Balaban J connectivity index is 1.85. The Labute approximate surface area is 335 Å². The number of aliphatic imine (C=N–C) groups is 1. The Morgan fingerprint density at radius 1 is 0.793 bits per heavy atom. The quantitative estimate of drug-likeness (QED) is 0.0236. The Morgan fingerprint density at radius 2 is 1.41 bits per heavy atom. The molecule has 0 aliphatic heterocycles. The van der Waals surface area contributed by atoms with Crippen molar-refractivity contribution < 1.29 is 33.2 Å². The van der Waals surface area contributed by atoms with Crippen molar-refractivity contribution in [1.82, 2.24) is 36.6 Å². The normalized spacial score (nSPS) is 13.0. The van der Waals surface area contributed by atoms with Crippen molar-refractivity contribution in [3.05, 3.63) is 58.5 Å². The third kappa shape index (κ3) is 16.0. The number of hydrogen-bond donors (Lipinski definition) is 10. The lowest BCUT2D eigenvalue weighted by molar-refractivity contribution is -0.134. The average Bonchev–Trinajstić information content (AvgIpc) is 3.67. The molecule has 6 amide bonds. The van der Waals surface area contributed by atoms with Gasteiger partial charge in [0.05, 0.1) is 6.33 Å². The van der Waals surface area contributed by atoms with Crippen LogP contribution in [0.1, 0.15) is 76.5 Å². The number of nitrogens with two attached hydrogens (primary N) is 3. The van der Waals surface area contributed by atoms with Crippen molar-refractivity contribution >= 4 is 58.1 Å². The number of anilines is 1. The van der Waals surface area contributed by atoms with Crippen LogP contribution in [-0.2, 0) is 35.2 Å². The van der Waals surface area contributed by atoms with Crippen molar-refractivity contribution in [3.63, 3.8) is 0 Å². The number of nitrogens with zero attached hydrogens (tertiary/aromatic N) is 2. The first-order chi connectivity index (χ1) is 27.7. The number of aromatic amines is 1. The van der Waals surface area contributed by atoms with Crippen LogP contribution in [0.3, 0.4) is 0 Å². The number of fused-ring (bicyclic) bond motifs is 1. The highest BCUT2D eigenvalue weighted by molar-refractivity contribution is 6.00. The molecule has 0 radical (unpaired) electrons. The lowest BCUT2D eigenvalue weighted by Gasteiger charge is -2.26. The number of nitrogens with one attached hydrogen (secondary N) is 7. The van der Waals surface area contributed by atoms with Gasteiger partial charge in [-0.25, -0.2) is 9.78 Å². The van der Waals surface area contributed by atoms with Crippen LogP contribution in [0.15, 0.2) is 51.0 Å². The van der Waals surface area contributed by atoms with E-state index in [4.69, 9.17) is 21.6 Å². The number of aryl methyl sites for hydroxylation is 1. The van der Waals surface area contributed by atoms with E-state index in [2.05, 4.69) is 46.9 Å². The van der Waals surface area contributed by atoms with Crippen molar-refractivity contribution in [2.45, 2.75) is 103 Å². The van der Waals surface area contributed by atoms with Gasteiger partial charge in [-0.3, -0.25) is 33.8 Å². The van der Waals surface area contributed by atoms with Gasteiger partial charge in [0.25, 0.3) is 0 Å². The molecule has 0 aliphatic rings. The third-order valence-electron chi connectivity index (χ3n) is 8.98. The van der Waals surface area contributed by atoms with Crippen molar-refractivity contribution in [1.29, 1.82) is 0 Å². The molecule has 316 valence electrons. The lowest BCUT2D eigenvalue weighted by Crippen LogP contribution is -2.58. The number of guanidine groups is 1. The van der Waals surface area contributed by atoms with Crippen LogP contribution < -0.4 is 54.7 Å². The monoisotopic (exact) mass is 808 g/mol. The third-order valence-corrected chi connectivity index (χ3v) is 8.98. The molecule has 0 unspecified atom stereocenters. The zero-order valence-electron chi connectivity index (χ0n) is 33.2. The van der Waals surface area contributed by atoms with Crippen molar-refractivity contribution in [2.24, 2.45) is 22.2 Å². The minimum Gasteiger partial charge on any atom is -0.423 e. The fraction of sp³-hybridized carbons (Fsp3) is 0.500. The molecular weight excluding hydrogens is 752 g/mol. The Bertz CT molecular complexity index is 1940. The summed E-state index contributed by atoms with van der Waals surface area (Å²) in [6.07, 6.45) is 5.62. The molecule has 0 aliphatic carbocycles. The minimum atomic E-state index is -1.23. The molecule has 3 rings (SSSR count).